The number of pyridine rings is 1. The molecule has 3 rings (SSSR count). The highest BCUT2D eigenvalue weighted by atomic mass is 16.4. The summed E-state index contributed by atoms with van der Waals surface area (Å²) in [4.78, 5) is 27.8. The number of rotatable bonds is 3. The predicted octanol–water partition coefficient (Wildman–Crippen LogP) is 1.41. The lowest BCUT2D eigenvalue weighted by Gasteiger charge is -2.05. The summed E-state index contributed by atoms with van der Waals surface area (Å²) in [6, 6.07) is 4.63. The van der Waals surface area contributed by atoms with Crippen molar-refractivity contribution < 1.29 is 9.21 Å². The Kier molecular flexibility index (Phi) is 2.70. The molecule has 2 aromatic heterocycles. The number of nitrogens with zero attached hydrogens (tertiary/aromatic N) is 2. The molecule has 1 saturated carbocycles. The van der Waals surface area contributed by atoms with Crippen LogP contribution in [0.25, 0.3) is 0 Å². The van der Waals surface area contributed by atoms with E-state index in [2.05, 4.69) is 10.4 Å². The van der Waals surface area contributed by atoms with Crippen LogP contribution in [-0.2, 0) is 0 Å². The monoisotopic (exact) mass is 259 g/mol. The first-order chi connectivity index (χ1) is 9.15. The van der Waals surface area contributed by atoms with Gasteiger partial charge in [0, 0.05) is 18.2 Å². The highest BCUT2D eigenvalue weighted by Crippen LogP contribution is 2.39. The molecule has 6 nitrogen and oxygen atoms in total. The van der Waals surface area contributed by atoms with E-state index in [4.69, 9.17) is 4.42 Å². The number of hydrogen-bond donors (Lipinski definition) is 1. The maximum Gasteiger partial charge on any atom is 0.292 e. The molecular formula is C13H13N3O3. The molecule has 0 aliphatic heterocycles. The van der Waals surface area contributed by atoms with Crippen molar-refractivity contribution in [1.82, 2.24) is 9.66 Å². The van der Waals surface area contributed by atoms with Crippen molar-refractivity contribution in [2.75, 3.05) is 5.43 Å². The van der Waals surface area contributed by atoms with Crippen LogP contribution >= 0.6 is 0 Å². The SMILES string of the molecule is Cc1oc(C2CC2)nc1C(=O)Nn1ccccc1=O. The van der Waals surface area contributed by atoms with Gasteiger partial charge in [-0.2, -0.15) is 0 Å². The fourth-order valence-electron chi connectivity index (χ4n) is 1.81. The van der Waals surface area contributed by atoms with Crippen molar-refractivity contribution in [2.45, 2.75) is 25.7 Å². The topological polar surface area (TPSA) is 77.1 Å². The van der Waals surface area contributed by atoms with Crippen molar-refractivity contribution in [2.24, 2.45) is 0 Å². The number of aryl methyl sites for hydroxylation is 1. The van der Waals surface area contributed by atoms with E-state index < -0.39 is 5.91 Å². The van der Waals surface area contributed by atoms with Gasteiger partial charge >= 0.3 is 0 Å². The third kappa shape index (κ3) is 2.29. The molecule has 98 valence electrons. The fraction of sp³-hybridized carbons (Fsp3) is 0.308. The van der Waals surface area contributed by atoms with E-state index in [1.165, 1.54) is 12.3 Å². The maximum absolute atomic E-state index is 12.1. The summed E-state index contributed by atoms with van der Waals surface area (Å²) in [5, 5.41) is 0. The van der Waals surface area contributed by atoms with Crippen LogP contribution in [0.4, 0.5) is 0 Å². The fourth-order valence-corrected chi connectivity index (χ4v) is 1.81. The van der Waals surface area contributed by atoms with Crippen molar-refractivity contribution in [3.8, 4) is 0 Å². The predicted molar refractivity (Wildman–Crippen MR) is 67.6 cm³/mol. The molecule has 0 radical (unpaired) electrons. The Bertz CT molecular complexity index is 682. The second kappa shape index (κ2) is 4.38. The van der Waals surface area contributed by atoms with Crippen LogP contribution in [0.1, 0.15) is 40.9 Å². The first kappa shape index (κ1) is 11.7. The van der Waals surface area contributed by atoms with E-state index in [0.717, 1.165) is 17.5 Å². The van der Waals surface area contributed by atoms with E-state index in [0.29, 0.717) is 17.6 Å². The summed E-state index contributed by atoms with van der Waals surface area (Å²) in [6.07, 6.45) is 3.59. The second-order valence-electron chi connectivity index (χ2n) is 4.58. The standard InChI is InChI=1S/C13H13N3O3/c1-8-11(14-13(19-8)9-5-6-9)12(18)15-16-7-3-2-4-10(16)17/h2-4,7,9H,5-6H2,1H3,(H,15,18). The van der Waals surface area contributed by atoms with Gasteiger partial charge in [0.05, 0.1) is 0 Å². The molecule has 1 N–H and O–H groups in total. The normalized spacial score (nSPS) is 14.4. The molecule has 1 fully saturated rings. The lowest BCUT2D eigenvalue weighted by Crippen LogP contribution is -2.32. The molecule has 1 aliphatic rings. The number of aromatic nitrogens is 2. The minimum absolute atomic E-state index is 0.234. The van der Waals surface area contributed by atoms with Crippen LogP contribution in [-0.4, -0.2) is 15.6 Å². The van der Waals surface area contributed by atoms with Crippen LogP contribution in [0.2, 0.25) is 0 Å². The Balaban J connectivity index is 1.84. The number of carbonyl (C=O) groups is 1. The van der Waals surface area contributed by atoms with Crippen LogP contribution in [0.5, 0.6) is 0 Å². The van der Waals surface area contributed by atoms with E-state index in [1.54, 1.807) is 19.1 Å². The average Bonchev–Trinajstić information content (AvgIpc) is 3.16. The zero-order valence-electron chi connectivity index (χ0n) is 10.4. The van der Waals surface area contributed by atoms with Crippen LogP contribution < -0.4 is 11.0 Å². The molecule has 2 heterocycles. The zero-order valence-corrected chi connectivity index (χ0v) is 10.4. The van der Waals surface area contributed by atoms with Crippen LogP contribution in [0, 0.1) is 6.92 Å². The van der Waals surface area contributed by atoms with Crippen molar-refractivity contribution in [3.05, 3.63) is 52.1 Å². The van der Waals surface area contributed by atoms with Gasteiger partial charge in [0.25, 0.3) is 11.5 Å². The Hall–Kier alpha value is -2.37. The molecule has 1 aliphatic carbocycles. The molecular weight excluding hydrogens is 246 g/mol. The summed E-state index contributed by atoms with van der Waals surface area (Å²) in [5.74, 6) is 0.993. The molecule has 2 aromatic rings. The lowest BCUT2D eigenvalue weighted by atomic mass is 10.3. The van der Waals surface area contributed by atoms with E-state index in [9.17, 15) is 9.59 Å². The summed E-state index contributed by atoms with van der Waals surface area (Å²) in [7, 11) is 0. The van der Waals surface area contributed by atoms with E-state index in [-0.39, 0.29) is 11.3 Å². The van der Waals surface area contributed by atoms with Crippen LogP contribution in [0.15, 0.2) is 33.6 Å². The number of carbonyl (C=O) groups excluding carboxylic acids is 1. The van der Waals surface area contributed by atoms with Gasteiger partial charge in [-0.1, -0.05) is 6.07 Å². The van der Waals surface area contributed by atoms with Gasteiger partial charge in [-0.05, 0) is 25.8 Å². The Morgan fingerprint density at radius 1 is 1.47 bits per heavy atom. The number of amides is 1. The van der Waals surface area contributed by atoms with Crippen molar-refractivity contribution in [3.63, 3.8) is 0 Å². The number of hydrogen-bond acceptors (Lipinski definition) is 4. The van der Waals surface area contributed by atoms with E-state index >= 15 is 0 Å². The number of oxazole rings is 1. The highest BCUT2D eigenvalue weighted by molar-refractivity contribution is 5.99. The minimum Gasteiger partial charge on any atom is -0.445 e. The largest absolute Gasteiger partial charge is 0.445 e. The Labute approximate surface area is 109 Å². The molecule has 6 heteroatoms. The molecule has 0 unspecified atom stereocenters. The van der Waals surface area contributed by atoms with Gasteiger partial charge in [0.1, 0.15) is 5.76 Å². The Morgan fingerprint density at radius 2 is 2.26 bits per heavy atom. The second-order valence-corrected chi connectivity index (χ2v) is 4.58. The maximum atomic E-state index is 12.1. The molecule has 0 bridgehead atoms. The van der Waals surface area contributed by atoms with Gasteiger partial charge in [0.2, 0.25) is 0 Å². The third-order valence-corrected chi connectivity index (χ3v) is 3.00. The Morgan fingerprint density at radius 3 is 2.95 bits per heavy atom. The average molecular weight is 259 g/mol. The first-order valence-corrected chi connectivity index (χ1v) is 6.11. The van der Waals surface area contributed by atoms with Gasteiger partial charge in [-0.3, -0.25) is 15.0 Å². The van der Waals surface area contributed by atoms with Crippen molar-refractivity contribution >= 4 is 5.91 Å². The molecule has 0 atom stereocenters. The summed E-state index contributed by atoms with van der Waals surface area (Å²) < 4.78 is 6.59. The highest BCUT2D eigenvalue weighted by Gasteiger charge is 2.30. The zero-order chi connectivity index (χ0) is 13.4. The molecule has 0 saturated heterocycles. The molecule has 0 aromatic carbocycles. The van der Waals surface area contributed by atoms with Crippen LogP contribution in [0.3, 0.4) is 0 Å². The molecule has 1 amide bonds. The smallest absolute Gasteiger partial charge is 0.292 e. The molecule has 19 heavy (non-hydrogen) atoms. The third-order valence-electron chi connectivity index (χ3n) is 3.00. The summed E-state index contributed by atoms with van der Waals surface area (Å²) in [6.45, 7) is 1.70. The molecule has 0 spiro atoms. The van der Waals surface area contributed by atoms with Gasteiger partial charge in [-0.15, -0.1) is 0 Å². The van der Waals surface area contributed by atoms with Crippen molar-refractivity contribution in [1.29, 1.82) is 0 Å². The van der Waals surface area contributed by atoms with Gasteiger partial charge in [0.15, 0.2) is 11.6 Å². The summed E-state index contributed by atoms with van der Waals surface area (Å²) >= 11 is 0. The van der Waals surface area contributed by atoms with E-state index in [1.807, 2.05) is 0 Å². The first-order valence-electron chi connectivity index (χ1n) is 6.11. The lowest BCUT2D eigenvalue weighted by molar-refractivity contribution is 0.100. The van der Waals surface area contributed by atoms with Gasteiger partial charge < -0.3 is 4.42 Å². The quantitative estimate of drug-likeness (QED) is 0.904. The summed E-state index contributed by atoms with van der Waals surface area (Å²) in [5.41, 5.74) is 2.41. The minimum atomic E-state index is -0.443. The number of nitrogens with one attached hydrogen (secondary N) is 1. The van der Waals surface area contributed by atoms with Gasteiger partial charge in [-0.25, -0.2) is 9.66 Å².